The lowest BCUT2D eigenvalue weighted by atomic mass is 9.79. The first-order chi connectivity index (χ1) is 27.5. The molecule has 0 saturated carbocycles. The summed E-state index contributed by atoms with van der Waals surface area (Å²) in [6.45, 7) is 4.84. The zero-order chi connectivity index (χ0) is 37.1. The number of hydrogen-bond acceptors (Lipinski definition) is 1. The Morgan fingerprint density at radius 2 is 0.929 bits per heavy atom. The highest BCUT2D eigenvalue weighted by molar-refractivity contribution is 7.26. The van der Waals surface area contributed by atoms with Crippen LogP contribution in [-0.2, 0) is 5.41 Å². The molecule has 0 saturated heterocycles. The quantitative estimate of drug-likeness (QED) is 0.159. The summed E-state index contributed by atoms with van der Waals surface area (Å²) in [7, 11) is 0. The van der Waals surface area contributed by atoms with E-state index in [9.17, 15) is 0 Å². The minimum absolute atomic E-state index is 0.148. The highest BCUT2D eigenvalue weighted by Crippen LogP contribution is 2.59. The fourth-order valence-corrected chi connectivity index (χ4v) is 11.3. The van der Waals surface area contributed by atoms with Crippen molar-refractivity contribution in [3.05, 3.63) is 193 Å². The summed E-state index contributed by atoms with van der Waals surface area (Å²) in [5.74, 6) is 0. The van der Waals surface area contributed by atoms with Crippen molar-refractivity contribution >= 4 is 74.6 Å². The number of hydrogen-bond donors (Lipinski definition) is 0. The van der Waals surface area contributed by atoms with Gasteiger partial charge in [0.2, 0.25) is 0 Å². The minimum atomic E-state index is -0.148. The normalized spacial score (nSPS) is 13.3. The van der Waals surface area contributed by atoms with Gasteiger partial charge in [-0.25, -0.2) is 0 Å². The van der Waals surface area contributed by atoms with Crippen molar-refractivity contribution in [2.45, 2.75) is 19.3 Å². The van der Waals surface area contributed by atoms with Crippen LogP contribution in [0.3, 0.4) is 0 Å². The molecule has 0 radical (unpaired) electrons. The molecule has 11 aromatic rings. The Morgan fingerprint density at radius 1 is 0.357 bits per heavy atom. The Morgan fingerprint density at radius 3 is 1.66 bits per heavy atom. The topological polar surface area (TPSA) is 0 Å². The van der Waals surface area contributed by atoms with Crippen molar-refractivity contribution in [3.8, 4) is 44.5 Å². The molecule has 0 aliphatic heterocycles. The van der Waals surface area contributed by atoms with Crippen molar-refractivity contribution < 1.29 is 0 Å². The van der Waals surface area contributed by atoms with Crippen LogP contribution in [0.1, 0.15) is 25.0 Å². The van der Waals surface area contributed by atoms with Gasteiger partial charge in [0.1, 0.15) is 0 Å². The van der Waals surface area contributed by atoms with Gasteiger partial charge in [0.05, 0.1) is 0 Å². The summed E-state index contributed by atoms with van der Waals surface area (Å²) in [5, 5.41) is 13.0. The van der Waals surface area contributed by atoms with Crippen LogP contribution in [0, 0.1) is 0 Å². The van der Waals surface area contributed by atoms with Gasteiger partial charge < -0.3 is 0 Å². The fourth-order valence-electron chi connectivity index (χ4n) is 10.0. The molecule has 1 aliphatic carbocycles. The lowest BCUT2D eigenvalue weighted by Gasteiger charge is -2.23. The highest BCUT2D eigenvalue weighted by Gasteiger charge is 2.39. The average Bonchev–Trinajstić information content (AvgIpc) is 3.74. The Bertz CT molecular complexity index is 3380. The third-order valence-corrected chi connectivity index (χ3v) is 13.8. The van der Waals surface area contributed by atoms with Gasteiger partial charge >= 0.3 is 0 Å². The van der Waals surface area contributed by atoms with Crippen molar-refractivity contribution in [2.24, 2.45) is 0 Å². The third kappa shape index (κ3) is 4.41. The van der Waals surface area contributed by atoms with Crippen molar-refractivity contribution in [1.29, 1.82) is 0 Å². The average molecular weight is 729 g/mol. The maximum absolute atomic E-state index is 2.55. The van der Waals surface area contributed by atoms with E-state index in [-0.39, 0.29) is 5.41 Å². The minimum Gasteiger partial charge on any atom is -0.134 e. The summed E-state index contributed by atoms with van der Waals surface area (Å²) in [6.07, 6.45) is 0. The lowest BCUT2D eigenvalue weighted by Crippen LogP contribution is -2.14. The predicted molar refractivity (Wildman–Crippen MR) is 243 cm³/mol. The molecular formula is C55H36S. The van der Waals surface area contributed by atoms with Gasteiger partial charge in [-0.15, -0.1) is 11.3 Å². The second-order valence-corrected chi connectivity index (χ2v) is 17.0. The van der Waals surface area contributed by atoms with Crippen molar-refractivity contribution in [2.75, 3.05) is 0 Å². The summed E-state index contributed by atoms with van der Waals surface area (Å²) in [5.41, 5.74) is 13.1. The molecule has 0 N–H and O–H groups in total. The van der Waals surface area contributed by atoms with E-state index in [1.54, 1.807) is 0 Å². The molecular weight excluding hydrogens is 693 g/mol. The second-order valence-electron chi connectivity index (χ2n) is 16.0. The van der Waals surface area contributed by atoms with Gasteiger partial charge in [-0.3, -0.25) is 0 Å². The Kier molecular flexibility index (Phi) is 6.66. The van der Waals surface area contributed by atoms with Gasteiger partial charge in [-0.2, -0.15) is 0 Å². The van der Waals surface area contributed by atoms with Crippen LogP contribution in [0.4, 0.5) is 0 Å². The van der Waals surface area contributed by atoms with E-state index in [1.807, 2.05) is 11.3 Å². The summed E-state index contributed by atoms with van der Waals surface area (Å²) in [6, 6.07) is 68.1. The largest absolute Gasteiger partial charge is 0.134 e. The molecule has 0 nitrogen and oxygen atoms in total. The highest BCUT2D eigenvalue weighted by atomic mass is 32.1. The zero-order valence-electron chi connectivity index (χ0n) is 31.2. The van der Waals surface area contributed by atoms with E-state index in [4.69, 9.17) is 0 Å². The first kappa shape index (κ1) is 31.8. The molecule has 12 rings (SSSR count). The van der Waals surface area contributed by atoms with Gasteiger partial charge in [0.25, 0.3) is 0 Å². The monoisotopic (exact) mass is 728 g/mol. The molecule has 0 atom stereocenters. The van der Waals surface area contributed by atoms with E-state index in [0.29, 0.717) is 0 Å². The molecule has 1 aliphatic rings. The number of benzene rings is 10. The van der Waals surface area contributed by atoms with Crippen LogP contribution < -0.4 is 0 Å². The van der Waals surface area contributed by atoms with Crippen molar-refractivity contribution in [1.82, 2.24) is 0 Å². The predicted octanol–water partition coefficient (Wildman–Crippen LogP) is 16.0. The van der Waals surface area contributed by atoms with E-state index in [0.717, 1.165) is 0 Å². The smallest absolute Gasteiger partial charge is 0.0440 e. The van der Waals surface area contributed by atoms with Crippen molar-refractivity contribution in [3.63, 3.8) is 0 Å². The van der Waals surface area contributed by atoms with Crippen LogP contribution in [0.5, 0.6) is 0 Å². The van der Waals surface area contributed by atoms with Gasteiger partial charge in [-0.1, -0.05) is 172 Å². The van der Waals surface area contributed by atoms with Crippen LogP contribution >= 0.6 is 11.3 Å². The number of thiophene rings is 1. The Balaban J connectivity index is 1.20. The summed E-state index contributed by atoms with van der Waals surface area (Å²) >= 11 is 1.96. The van der Waals surface area contributed by atoms with Crippen LogP contribution in [0.15, 0.2) is 182 Å². The molecule has 262 valence electrons. The molecule has 10 aromatic carbocycles. The zero-order valence-corrected chi connectivity index (χ0v) is 32.0. The SMILES string of the molecule is CC1(C)c2ccccc2-c2c1cc1c(sc3ccc4ccccc4c31)c2-c1c2ccccc2c(-c2ccc3cc(-c4ccccc4)ccc3c2)c2ccccc12. The molecule has 1 heteroatoms. The Labute approximate surface area is 329 Å². The fraction of sp³-hybridized carbons (Fsp3) is 0.0545. The summed E-state index contributed by atoms with van der Waals surface area (Å²) < 4.78 is 2.71. The first-order valence-corrected chi connectivity index (χ1v) is 20.4. The molecule has 0 bridgehead atoms. The van der Waals surface area contributed by atoms with E-state index in [2.05, 4.69) is 196 Å². The molecule has 1 aromatic heterocycles. The molecule has 0 fully saturated rings. The van der Waals surface area contributed by atoms with Crippen LogP contribution in [0.25, 0.3) is 108 Å². The van der Waals surface area contributed by atoms with Gasteiger partial charge in [0.15, 0.2) is 0 Å². The molecule has 0 spiro atoms. The van der Waals surface area contributed by atoms with E-state index in [1.165, 1.54) is 119 Å². The summed E-state index contributed by atoms with van der Waals surface area (Å²) in [4.78, 5) is 0. The van der Waals surface area contributed by atoms with Crippen LogP contribution in [-0.4, -0.2) is 0 Å². The lowest BCUT2D eigenvalue weighted by molar-refractivity contribution is 0.661. The molecule has 0 amide bonds. The number of rotatable bonds is 3. The standard InChI is InChI=1S/C55H36S/c1-55(2)46-23-13-12-22-44(46)52-47(55)32-45-50-39-17-7-6-16-34(39)28-29-48(50)56-54(45)53(52)51-42-20-10-8-18-40(42)49(41-19-9-11-21-43(41)51)38-27-26-36-30-35(24-25-37(36)31-38)33-14-4-3-5-15-33/h3-32H,1-2H3. The molecule has 0 unspecified atom stereocenters. The Hall–Kier alpha value is -6.54. The third-order valence-electron chi connectivity index (χ3n) is 12.6. The first-order valence-electron chi connectivity index (χ1n) is 19.6. The maximum Gasteiger partial charge on any atom is 0.0440 e. The van der Waals surface area contributed by atoms with E-state index < -0.39 is 0 Å². The van der Waals surface area contributed by atoms with Gasteiger partial charge in [-0.05, 0) is 117 Å². The second kappa shape index (κ2) is 11.7. The van der Waals surface area contributed by atoms with E-state index >= 15 is 0 Å². The number of fused-ring (bicyclic) bond motifs is 11. The van der Waals surface area contributed by atoms with Gasteiger partial charge in [0, 0.05) is 31.2 Å². The molecule has 1 heterocycles. The molecule has 56 heavy (non-hydrogen) atoms. The van der Waals surface area contributed by atoms with Crippen LogP contribution in [0.2, 0.25) is 0 Å². The maximum atomic E-state index is 2.55.